The highest BCUT2D eigenvalue weighted by atomic mass is 16.3. The lowest BCUT2D eigenvalue weighted by Gasteiger charge is -2.21. The van der Waals surface area contributed by atoms with E-state index in [9.17, 15) is 0 Å². The van der Waals surface area contributed by atoms with E-state index in [1.165, 1.54) is 49.7 Å². The smallest absolute Gasteiger partial charge is 0.145 e. The molecule has 2 heterocycles. The highest BCUT2D eigenvalue weighted by molar-refractivity contribution is 6.25. The predicted octanol–water partition coefficient (Wildman–Crippen LogP) is 10.7. The summed E-state index contributed by atoms with van der Waals surface area (Å²) in [6, 6.07) is 46.0. The van der Waals surface area contributed by atoms with Crippen LogP contribution in [0.3, 0.4) is 0 Å². The number of aromatic nitrogens is 1. The summed E-state index contributed by atoms with van der Waals surface area (Å²) in [6.07, 6.45) is 0. The van der Waals surface area contributed by atoms with Crippen LogP contribution in [0.4, 0.5) is 0 Å². The van der Waals surface area contributed by atoms with Crippen molar-refractivity contribution in [2.45, 2.75) is 19.3 Å². The minimum atomic E-state index is -0.0671. The van der Waals surface area contributed by atoms with Crippen LogP contribution in [0.25, 0.3) is 71.7 Å². The van der Waals surface area contributed by atoms with Gasteiger partial charge in [-0.25, -0.2) is 0 Å². The Kier molecular flexibility index (Phi) is 4.42. The quantitative estimate of drug-likeness (QED) is 0.219. The zero-order chi connectivity index (χ0) is 27.3. The van der Waals surface area contributed by atoms with Gasteiger partial charge in [0.25, 0.3) is 0 Å². The van der Waals surface area contributed by atoms with Crippen LogP contribution in [0.1, 0.15) is 25.0 Å². The van der Waals surface area contributed by atoms with Crippen molar-refractivity contribution >= 4 is 43.7 Å². The minimum absolute atomic E-state index is 0.0671. The maximum Gasteiger partial charge on any atom is 0.145 e. The summed E-state index contributed by atoms with van der Waals surface area (Å²) in [7, 11) is 0. The zero-order valence-corrected chi connectivity index (χ0v) is 23.0. The summed E-state index contributed by atoms with van der Waals surface area (Å²) in [5.74, 6) is 0. The highest BCUT2D eigenvalue weighted by Crippen LogP contribution is 2.53. The van der Waals surface area contributed by atoms with E-state index in [1.807, 2.05) is 0 Å². The van der Waals surface area contributed by atoms with Gasteiger partial charge in [-0.2, -0.15) is 0 Å². The molecule has 0 bridgehead atoms. The third-order valence-electron chi connectivity index (χ3n) is 9.20. The van der Waals surface area contributed by atoms with E-state index in [2.05, 4.69) is 146 Å². The second-order valence-electron chi connectivity index (χ2n) is 11.7. The summed E-state index contributed by atoms with van der Waals surface area (Å²) in [5.41, 5.74) is 13.0. The van der Waals surface area contributed by atoms with Gasteiger partial charge < -0.3 is 8.98 Å². The molecule has 2 aromatic heterocycles. The van der Waals surface area contributed by atoms with E-state index < -0.39 is 0 Å². The van der Waals surface area contributed by atoms with E-state index in [0.29, 0.717) is 0 Å². The van der Waals surface area contributed by atoms with Crippen molar-refractivity contribution in [1.29, 1.82) is 0 Å². The Morgan fingerprint density at radius 2 is 1.22 bits per heavy atom. The molecule has 0 saturated heterocycles. The number of hydrogen-bond acceptors (Lipinski definition) is 1. The second-order valence-corrected chi connectivity index (χ2v) is 11.7. The number of hydrogen-bond donors (Lipinski definition) is 0. The molecule has 0 saturated carbocycles. The van der Waals surface area contributed by atoms with Crippen molar-refractivity contribution < 1.29 is 4.42 Å². The molecule has 0 amide bonds. The molecule has 0 aliphatic heterocycles. The number of furan rings is 1. The molecule has 8 aromatic rings. The van der Waals surface area contributed by atoms with Crippen molar-refractivity contribution in [3.63, 3.8) is 0 Å². The summed E-state index contributed by atoms with van der Waals surface area (Å²) < 4.78 is 9.42. The van der Waals surface area contributed by atoms with Crippen molar-refractivity contribution in [1.82, 2.24) is 4.57 Å². The average Bonchev–Trinajstić information content (AvgIpc) is 3.63. The molecular weight excluding hydrogens is 498 g/mol. The maximum atomic E-state index is 7.05. The van der Waals surface area contributed by atoms with Crippen molar-refractivity contribution in [2.24, 2.45) is 0 Å². The summed E-state index contributed by atoms with van der Waals surface area (Å²) >= 11 is 0. The molecule has 1 aliphatic carbocycles. The van der Waals surface area contributed by atoms with Crippen LogP contribution < -0.4 is 0 Å². The van der Waals surface area contributed by atoms with E-state index in [4.69, 9.17) is 4.42 Å². The fraction of sp³-hybridized carbons (Fsp3) is 0.0769. The molecule has 1 aliphatic rings. The Bertz CT molecular complexity index is 2320. The molecule has 194 valence electrons. The first-order valence-electron chi connectivity index (χ1n) is 14.3. The van der Waals surface area contributed by atoms with Gasteiger partial charge >= 0.3 is 0 Å². The normalized spacial score (nSPS) is 13.8. The Balaban J connectivity index is 1.44. The van der Waals surface area contributed by atoms with Crippen molar-refractivity contribution in [3.05, 3.63) is 139 Å². The Morgan fingerprint density at radius 1 is 0.537 bits per heavy atom. The van der Waals surface area contributed by atoms with E-state index in [1.54, 1.807) is 0 Å². The molecule has 6 aromatic carbocycles. The lowest BCUT2D eigenvalue weighted by atomic mass is 9.82. The molecule has 2 nitrogen and oxygen atoms in total. The van der Waals surface area contributed by atoms with Gasteiger partial charge in [0.1, 0.15) is 11.2 Å². The number of benzene rings is 6. The molecule has 9 rings (SSSR count). The van der Waals surface area contributed by atoms with Crippen molar-refractivity contribution in [3.8, 4) is 27.9 Å². The number of para-hydroxylation sites is 1. The molecule has 0 unspecified atom stereocenters. The van der Waals surface area contributed by atoms with Gasteiger partial charge in [0, 0.05) is 32.8 Å². The first-order chi connectivity index (χ1) is 20.1. The lowest BCUT2D eigenvalue weighted by molar-refractivity contribution is 0.654. The van der Waals surface area contributed by atoms with Crippen molar-refractivity contribution in [2.75, 3.05) is 0 Å². The largest absolute Gasteiger partial charge is 0.455 e. The molecule has 0 N–H and O–H groups in total. The van der Waals surface area contributed by atoms with Crippen LogP contribution in [0.5, 0.6) is 0 Å². The van der Waals surface area contributed by atoms with Crippen LogP contribution in [-0.2, 0) is 5.41 Å². The Labute approximate surface area is 238 Å². The van der Waals surface area contributed by atoms with Crippen LogP contribution in [0, 0.1) is 0 Å². The summed E-state index contributed by atoms with van der Waals surface area (Å²) in [5, 5.41) is 4.70. The van der Waals surface area contributed by atoms with Gasteiger partial charge in [0.05, 0.1) is 16.4 Å². The first-order valence-corrected chi connectivity index (χ1v) is 14.3. The molecule has 0 radical (unpaired) electrons. The van der Waals surface area contributed by atoms with E-state index in [-0.39, 0.29) is 5.41 Å². The third kappa shape index (κ3) is 2.97. The van der Waals surface area contributed by atoms with Crippen LogP contribution in [0.2, 0.25) is 0 Å². The predicted molar refractivity (Wildman–Crippen MR) is 171 cm³/mol. The summed E-state index contributed by atoms with van der Waals surface area (Å²) in [6.45, 7) is 4.64. The zero-order valence-electron chi connectivity index (χ0n) is 23.0. The highest BCUT2D eigenvalue weighted by Gasteiger charge is 2.37. The lowest BCUT2D eigenvalue weighted by Crippen LogP contribution is -2.14. The molecule has 0 spiro atoms. The Morgan fingerprint density at radius 3 is 2.05 bits per heavy atom. The summed E-state index contributed by atoms with van der Waals surface area (Å²) in [4.78, 5) is 0. The number of nitrogens with zero attached hydrogens (tertiary/aromatic N) is 1. The second kappa shape index (κ2) is 7.99. The molecule has 0 atom stereocenters. The molecule has 0 fully saturated rings. The van der Waals surface area contributed by atoms with E-state index >= 15 is 0 Å². The monoisotopic (exact) mass is 525 g/mol. The minimum Gasteiger partial charge on any atom is -0.455 e. The average molecular weight is 526 g/mol. The molecular formula is C39H27NO. The fourth-order valence-electron chi connectivity index (χ4n) is 7.25. The number of rotatable bonds is 2. The maximum absolute atomic E-state index is 7.05. The fourth-order valence-corrected chi connectivity index (χ4v) is 7.25. The van der Waals surface area contributed by atoms with E-state index in [0.717, 1.165) is 33.1 Å². The number of fused-ring (bicyclic) bond motifs is 11. The topological polar surface area (TPSA) is 18.1 Å². The van der Waals surface area contributed by atoms with Crippen LogP contribution in [-0.4, -0.2) is 4.57 Å². The van der Waals surface area contributed by atoms with Crippen LogP contribution in [0.15, 0.2) is 132 Å². The van der Waals surface area contributed by atoms with Gasteiger partial charge in [-0.3, -0.25) is 0 Å². The van der Waals surface area contributed by atoms with Gasteiger partial charge in [0.2, 0.25) is 0 Å². The van der Waals surface area contributed by atoms with Gasteiger partial charge in [-0.05, 0) is 64.2 Å². The van der Waals surface area contributed by atoms with Gasteiger partial charge in [-0.1, -0.05) is 105 Å². The van der Waals surface area contributed by atoms with Gasteiger partial charge in [0.15, 0.2) is 0 Å². The Hall–Kier alpha value is -5.08. The van der Waals surface area contributed by atoms with Crippen LogP contribution >= 0.6 is 0 Å². The third-order valence-corrected chi connectivity index (χ3v) is 9.20. The molecule has 2 heteroatoms. The van der Waals surface area contributed by atoms with Gasteiger partial charge in [-0.15, -0.1) is 0 Å². The SMILES string of the molecule is CC1(C)c2ccccc2-c2c1ccc1c2oc2c1ccc1c2c2cc(-c3ccccc3)ccc2n1-c1ccccc1. The first kappa shape index (κ1) is 22.7. The molecule has 41 heavy (non-hydrogen) atoms. The standard InChI is InChI=1S/C39H27NO/c1-39(2)31-16-10-9-15-29(31)35-32(39)20-18-27-28-19-22-34-36(38(28)41-37(27)35)30-23-25(24-11-5-3-6-12-24)17-21-33(30)40(34)26-13-7-4-8-14-26/h3-23H,1-2H3.